The summed E-state index contributed by atoms with van der Waals surface area (Å²) in [6, 6.07) is 6.84. The average Bonchev–Trinajstić information content (AvgIpc) is 2.38. The molecule has 0 fully saturated rings. The zero-order valence-corrected chi connectivity index (χ0v) is 10.9. The molecule has 19 heavy (non-hydrogen) atoms. The van der Waals surface area contributed by atoms with Gasteiger partial charge in [-0.15, -0.1) is 0 Å². The molecule has 0 spiro atoms. The fourth-order valence-electron chi connectivity index (χ4n) is 1.38. The Balaban J connectivity index is 2.57. The Hall–Kier alpha value is -2.24. The fourth-order valence-corrected chi connectivity index (χ4v) is 1.38. The van der Waals surface area contributed by atoms with Gasteiger partial charge in [0.2, 0.25) is 5.91 Å². The third-order valence-electron chi connectivity index (χ3n) is 2.95. The second kappa shape index (κ2) is 6.08. The van der Waals surface area contributed by atoms with Crippen LogP contribution in [-0.2, 0) is 9.59 Å². The summed E-state index contributed by atoms with van der Waals surface area (Å²) in [6.07, 6.45) is 0.00367. The lowest BCUT2D eigenvalue weighted by molar-refractivity contribution is -0.154. The fraction of sp³-hybridized carbons (Fsp3) is 0.385. The van der Waals surface area contributed by atoms with Gasteiger partial charge >= 0.3 is 5.97 Å². The summed E-state index contributed by atoms with van der Waals surface area (Å²) in [7, 11) is 1.56. The number of methoxy groups -OCH3 is 1. The molecule has 0 saturated carbocycles. The first-order chi connectivity index (χ1) is 8.90. The number of carboxylic acids is 1. The predicted octanol–water partition coefficient (Wildman–Crippen LogP) is 1.04. The van der Waals surface area contributed by atoms with E-state index >= 15 is 0 Å². The predicted molar refractivity (Wildman–Crippen MR) is 68.0 cm³/mol. The number of aliphatic carboxylic acids is 1. The summed E-state index contributed by atoms with van der Waals surface area (Å²) in [4.78, 5) is 22.2. The van der Waals surface area contributed by atoms with Crippen LogP contribution in [0.25, 0.3) is 0 Å². The summed E-state index contributed by atoms with van der Waals surface area (Å²) in [5.74, 6) is -0.866. The summed E-state index contributed by atoms with van der Waals surface area (Å²) < 4.78 is 10.4. The van der Waals surface area contributed by atoms with Gasteiger partial charge in [-0.3, -0.25) is 9.59 Å². The van der Waals surface area contributed by atoms with Gasteiger partial charge in [-0.2, -0.15) is 0 Å². The standard InChI is InChI=1S/C13H17NO5/c1-13(11(14)15,12(16)17)7-8-19-10-5-3-9(18-2)4-6-10/h3-6H,7-8H2,1-2H3,(H2,14,15)(H,16,17). The minimum absolute atomic E-state index is 0.00367. The SMILES string of the molecule is COc1ccc(OCCC(C)(C(N)=O)C(=O)O)cc1. The van der Waals surface area contributed by atoms with Gasteiger partial charge in [0.1, 0.15) is 16.9 Å². The first kappa shape index (κ1) is 14.8. The smallest absolute Gasteiger partial charge is 0.319 e. The molecule has 1 aromatic rings. The Morgan fingerprint density at radius 2 is 1.79 bits per heavy atom. The van der Waals surface area contributed by atoms with Crippen LogP contribution in [0.1, 0.15) is 13.3 Å². The van der Waals surface area contributed by atoms with Gasteiger partial charge in [-0.1, -0.05) is 0 Å². The second-order valence-electron chi connectivity index (χ2n) is 4.28. The van der Waals surface area contributed by atoms with Crippen molar-refractivity contribution < 1.29 is 24.2 Å². The summed E-state index contributed by atoms with van der Waals surface area (Å²) in [5.41, 5.74) is 3.48. The highest BCUT2D eigenvalue weighted by Gasteiger charge is 2.39. The van der Waals surface area contributed by atoms with Crippen LogP contribution in [0, 0.1) is 5.41 Å². The summed E-state index contributed by atoms with van der Waals surface area (Å²) >= 11 is 0. The second-order valence-corrected chi connectivity index (χ2v) is 4.28. The number of hydrogen-bond donors (Lipinski definition) is 2. The number of carboxylic acid groups (broad SMARTS) is 1. The Labute approximate surface area is 111 Å². The molecule has 0 saturated heterocycles. The molecular weight excluding hydrogens is 250 g/mol. The Morgan fingerprint density at radius 3 is 2.21 bits per heavy atom. The van der Waals surface area contributed by atoms with Crippen molar-refractivity contribution in [3.63, 3.8) is 0 Å². The molecule has 1 rings (SSSR count). The topological polar surface area (TPSA) is 98.9 Å². The van der Waals surface area contributed by atoms with Crippen molar-refractivity contribution in [1.29, 1.82) is 0 Å². The van der Waals surface area contributed by atoms with E-state index < -0.39 is 17.3 Å². The molecule has 0 aromatic heterocycles. The summed E-state index contributed by atoms with van der Waals surface area (Å²) in [6.45, 7) is 1.37. The normalized spacial score (nSPS) is 13.4. The monoisotopic (exact) mass is 267 g/mol. The Kier molecular flexibility index (Phi) is 4.74. The van der Waals surface area contributed by atoms with Gasteiger partial charge in [0.25, 0.3) is 0 Å². The molecule has 0 radical (unpaired) electrons. The zero-order chi connectivity index (χ0) is 14.5. The number of hydrogen-bond acceptors (Lipinski definition) is 4. The molecule has 0 aliphatic rings. The molecule has 6 heteroatoms. The molecule has 0 aliphatic carbocycles. The van der Waals surface area contributed by atoms with Crippen LogP contribution in [0.2, 0.25) is 0 Å². The lowest BCUT2D eigenvalue weighted by Crippen LogP contribution is -2.42. The van der Waals surface area contributed by atoms with Crippen molar-refractivity contribution in [1.82, 2.24) is 0 Å². The van der Waals surface area contributed by atoms with Crippen LogP contribution < -0.4 is 15.2 Å². The van der Waals surface area contributed by atoms with Crippen molar-refractivity contribution >= 4 is 11.9 Å². The Morgan fingerprint density at radius 1 is 1.26 bits per heavy atom. The summed E-state index contributed by atoms with van der Waals surface area (Å²) in [5, 5.41) is 9.00. The lowest BCUT2D eigenvalue weighted by atomic mass is 9.86. The minimum atomic E-state index is -1.62. The molecule has 0 heterocycles. The molecule has 6 nitrogen and oxygen atoms in total. The Bertz CT molecular complexity index is 441. The molecule has 1 aromatic carbocycles. The van der Waals surface area contributed by atoms with Crippen LogP contribution >= 0.6 is 0 Å². The van der Waals surface area contributed by atoms with Gasteiger partial charge in [0.15, 0.2) is 0 Å². The van der Waals surface area contributed by atoms with E-state index in [1.165, 1.54) is 6.92 Å². The lowest BCUT2D eigenvalue weighted by Gasteiger charge is -2.20. The van der Waals surface area contributed by atoms with Crippen LogP contribution in [0.15, 0.2) is 24.3 Å². The highest BCUT2D eigenvalue weighted by Crippen LogP contribution is 2.23. The number of benzene rings is 1. The number of carbonyl (C=O) groups is 2. The maximum absolute atomic E-state index is 11.2. The van der Waals surface area contributed by atoms with Crippen molar-refractivity contribution in [2.24, 2.45) is 11.1 Å². The maximum atomic E-state index is 11.2. The number of ether oxygens (including phenoxy) is 2. The maximum Gasteiger partial charge on any atom is 0.319 e. The first-order valence-electron chi connectivity index (χ1n) is 5.70. The van der Waals surface area contributed by atoms with E-state index in [1.54, 1.807) is 31.4 Å². The molecule has 104 valence electrons. The zero-order valence-electron chi connectivity index (χ0n) is 10.9. The number of rotatable bonds is 7. The van der Waals surface area contributed by atoms with E-state index in [0.717, 1.165) is 0 Å². The highest BCUT2D eigenvalue weighted by molar-refractivity contribution is 6.00. The molecule has 0 bridgehead atoms. The quantitative estimate of drug-likeness (QED) is 0.719. The first-order valence-corrected chi connectivity index (χ1v) is 5.70. The molecule has 1 unspecified atom stereocenters. The van der Waals surface area contributed by atoms with Gasteiger partial charge in [-0.25, -0.2) is 0 Å². The van der Waals surface area contributed by atoms with Crippen LogP contribution in [-0.4, -0.2) is 30.7 Å². The van der Waals surface area contributed by atoms with Crippen LogP contribution in [0.3, 0.4) is 0 Å². The number of nitrogens with two attached hydrogens (primary N) is 1. The molecule has 3 N–H and O–H groups in total. The van der Waals surface area contributed by atoms with Gasteiger partial charge < -0.3 is 20.3 Å². The van der Waals surface area contributed by atoms with Crippen LogP contribution in [0.5, 0.6) is 11.5 Å². The van der Waals surface area contributed by atoms with Gasteiger partial charge in [0, 0.05) is 6.42 Å². The number of amides is 1. The molecule has 1 amide bonds. The van der Waals surface area contributed by atoms with Gasteiger partial charge in [0.05, 0.1) is 13.7 Å². The van der Waals surface area contributed by atoms with Crippen LogP contribution in [0.4, 0.5) is 0 Å². The van der Waals surface area contributed by atoms with Gasteiger partial charge in [-0.05, 0) is 31.2 Å². The van der Waals surface area contributed by atoms with Crippen molar-refractivity contribution in [2.45, 2.75) is 13.3 Å². The van der Waals surface area contributed by atoms with Crippen molar-refractivity contribution in [3.05, 3.63) is 24.3 Å². The molecule has 0 aliphatic heterocycles. The van der Waals surface area contributed by atoms with E-state index in [2.05, 4.69) is 0 Å². The van der Waals surface area contributed by atoms with E-state index in [9.17, 15) is 9.59 Å². The van der Waals surface area contributed by atoms with E-state index in [-0.39, 0.29) is 13.0 Å². The molecular formula is C13H17NO5. The number of primary amides is 1. The highest BCUT2D eigenvalue weighted by atomic mass is 16.5. The largest absolute Gasteiger partial charge is 0.497 e. The van der Waals surface area contributed by atoms with E-state index in [4.69, 9.17) is 20.3 Å². The number of carbonyl (C=O) groups excluding carboxylic acids is 1. The van der Waals surface area contributed by atoms with E-state index in [0.29, 0.717) is 11.5 Å². The van der Waals surface area contributed by atoms with E-state index in [1.807, 2.05) is 0 Å². The van der Waals surface area contributed by atoms with Crippen molar-refractivity contribution in [3.8, 4) is 11.5 Å². The third kappa shape index (κ3) is 3.61. The third-order valence-corrected chi connectivity index (χ3v) is 2.95. The average molecular weight is 267 g/mol. The molecule has 1 atom stereocenters. The minimum Gasteiger partial charge on any atom is -0.497 e. The van der Waals surface area contributed by atoms with Crippen molar-refractivity contribution in [2.75, 3.05) is 13.7 Å².